The van der Waals surface area contributed by atoms with Crippen molar-refractivity contribution in [2.45, 2.75) is 45.6 Å². The average molecular weight is 210 g/mol. The Balaban J connectivity index is 2.80. The van der Waals surface area contributed by atoms with Gasteiger partial charge in [0.1, 0.15) is 0 Å². The highest BCUT2D eigenvalue weighted by Crippen LogP contribution is 2.21. The third-order valence-electron chi connectivity index (χ3n) is 2.34. The first kappa shape index (κ1) is 11.8. The van der Waals surface area contributed by atoms with E-state index >= 15 is 0 Å². The molecule has 4 heteroatoms. The highest BCUT2D eigenvalue weighted by atomic mass is 16.4. The molecule has 0 radical (unpaired) electrons. The van der Waals surface area contributed by atoms with Gasteiger partial charge >= 0.3 is 5.97 Å². The molecule has 0 bridgehead atoms. The SMILES string of the molecule is CC(CC(=O)O)c1cnn(C(C)(C)C)c1. The molecule has 0 saturated carbocycles. The van der Waals surface area contributed by atoms with Crippen LogP contribution >= 0.6 is 0 Å². The third-order valence-corrected chi connectivity index (χ3v) is 2.34. The van der Waals surface area contributed by atoms with Crippen LogP contribution in [0.2, 0.25) is 0 Å². The van der Waals surface area contributed by atoms with Gasteiger partial charge in [-0.05, 0) is 32.3 Å². The summed E-state index contributed by atoms with van der Waals surface area (Å²) in [6, 6.07) is 0. The van der Waals surface area contributed by atoms with E-state index in [1.165, 1.54) is 0 Å². The first-order chi connectivity index (χ1) is 6.80. The lowest BCUT2D eigenvalue weighted by Crippen LogP contribution is -2.22. The number of carboxylic acids is 1. The molecule has 1 rings (SSSR count). The Morgan fingerprint density at radius 2 is 2.20 bits per heavy atom. The van der Waals surface area contributed by atoms with Gasteiger partial charge in [-0.1, -0.05) is 6.92 Å². The summed E-state index contributed by atoms with van der Waals surface area (Å²) >= 11 is 0. The second-order valence-electron chi connectivity index (χ2n) is 4.89. The lowest BCUT2D eigenvalue weighted by atomic mass is 10.0. The molecule has 0 saturated heterocycles. The largest absolute Gasteiger partial charge is 0.481 e. The average Bonchev–Trinajstić information content (AvgIpc) is 2.48. The third kappa shape index (κ3) is 3.08. The maximum atomic E-state index is 10.6. The Hall–Kier alpha value is -1.32. The highest BCUT2D eigenvalue weighted by Gasteiger charge is 2.17. The standard InChI is InChI=1S/C11H18N2O2/c1-8(5-10(14)15)9-6-12-13(7-9)11(2,3)4/h6-8H,5H2,1-4H3,(H,14,15). The molecule has 1 unspecified atom stereocenters. The molecule has 0 spiro atoms. The number of carboxylic acid groups (broad SMARTS) is 1. The number of hydrogen-bond acceptors (Lipinski definition) is 2. The van der Waals surface area contributed by atoms with Gasteiger partial charge in [0.15, 0.2) is 0 Å². The van der Waals surface area contributed by atoms with Gasteiger partial charge < -0.3 is 5.11 Å². The molecule has 15 heavy (non-hydrogen) atoms. The summed E-state index contributed by atoms with van der Waals surface area (Å²) in [4.78, 5) is 10.6. The minimum atomic E-state index is -0.772. The van der Waals surface area contributed by atoms with Gasteiger partial charge in [0.25, 0.3) is 0 Å². The van der Waals surface area contributed by atoms with Crippen LogP contribution in [0.15, 0.2) is 12.4 Å². The van der Waals surface area contributed by atoms with E-state index in [4.69, 9.17) is 5.11 Å². The Morgan fingerprint density at radius 1 is 1.60 bits per heavy atom. The molecule has 0 aromatic carbocycles. The lowest BCUT2D eigenvalue weighted by Gasteiger charge is -2.18. The molecule has 1 atom stereocenters. The molecule has 84 valence electrons. The van der Waals surface area contributed by atoms with Crippen LogP contribution in [0, 0.1) is 0 Å². The number of rotatable bonds is 3. The molecule has 0 aliphatic heterocycles. The van der Waals surface area contributed by atoms with Crippen LogP contribution in [-0.4, -0.2) is 20.9 Å². The van der Waals surface area contributed by atoms with Gasteiger partial charge in [-0.15, -0.1) is 0 Å². The number of hydrogen-bond donors (Lipinski definition) is 1. The second-order valence-corrected chi connectivity index (χ2v) is 4.89. The lowest BCUT2D eigenvalue weighted by molar-refractivity contribution is -0.137. The summed E-state index contributed by atoms with van der Waals surface area (Å²) in [5.41, 5.74) is 0.925. The molecule has 4 nitrogen and oxygen atoms in total. The fourth-order valence-corrected chi connectivity index (χ4v) is 1.34. The molecular weight excluding hydrogens is 192 g/mol. The maximum absolute atomic E-state index is 10.6. The minimum absolute atomic E-state index is 0.0126. The smallest absolute Gasteiger partial charge is 0.303 e. The summed E-state index contributed by atoms with van der Waals surface area (Å²) in [7, 11) is 0. The molecular formula is C11H18N2O2. The molecule has 1 aromatic heterocycles. The molecule has 0 fully saturated rings. The predicted molar refractivity (Wildman–Crippen MR) is 57.9 cm³/mol. The summed E-state index contributed by atoms with van der Waals surface area (Å²) in [6.07, 6.45) is 3.82. The van der Waals surface area contributed by atoms with Gasteiger partial charge in [-0.3, -0.25) is 9.48 Å². The zero-order valence-electron chi connectivity index (χ0n) is 9.69. The van der Waals surface area contributed by atoms with E-state index in [1.807, 2.05) is 17.8 Å². The number of aromatic nitrogens is 2. The van der Waals surface area contributed by atoms with Crippen LogP contribution in [-0.2, 0) is 10.3 Å². The summed E-state index contributed by atoms with van der Waals surface area (Å²) in [6.45, 7) is 8.08. The topological polar surface area (TPSA) is 55.1 Å². The Bertz CT molecular complexity index is 350. The monoisotopic (exact) mass is 210 g/mol. The fourth-order valence-electron chi connectivity index (χ4n) is 1.34. The van der Waals surface area contributed by atoms with Crippen molar-refractivity contribution in [3.05, 3.63) is 18.0 Å². The minimum Gasteiger partial charge on any atom is -0.481 e. The van der Waals surface area contributed by atoms with Crippen LogP contribution in [0.5, 0.6) is 0 Å². The number of nitrogens with zero attached hydrogens (tertiary/aromatic N) is 2. The van der Waals surface area contributed by atoms with Crippen molar-refractivity contribution in [1.29, 1.82) is 0 Å². The Morgan fingerprint density at radius 3 is 2.60 bits per heavy atom. The van der Waals surface area contributed by atoms with Crippen molar-refractivity contribution in [1.82, 2.24) is 9.78 Å². The van der Waals surface area contributed by atoms with Crippen molar-refractivity contribution in [3.63, 3.8) is 0 Å². The summed E-state index contributed by atoms with van der Waals surface area (Å²) in [5.74, 6) is -0.760. The van der Waals surface area contributed by atoms with E-state index in [9.17, 15) is 4.79 Å². The molecule has 0 aliphatic rings. The second kappa shape index (κ2) is 4.04. The quantitative estimate of drug-likeness (QED) is 0.832. The van der Waals surface area contributed by atoms with E-state index in [0.717, 1.165) is 5.56 Å². The molecule has 0 amide bonds. The van der Waals surface area contributed by atoms with Crippen LogP contribution in [0.4, 0.5) is 0 Å². The van der Waals surface area contributed by atoms with E-state index in [-0.39, 0.29) is 17.9 Å². The Labute approximate surface area is 89.9 Å². The van der Waals surface area contributed by atoms with Crippen LogP contribution in [0.25, 0.3) is 0 Å². The van der Waals surface area contributed by atoms with Crippen molar-refractivity contribution >= 4 is 5.97 Å². The van der Waals surface area contributed by atoms with Crippen molar-refractivity contribution in [2.24, 2.45) is 0 Å². The first-order valence-corrected chi connectivity index (χ1v) is 5.07. The van der Waals surface area contributed by atoms with Gasteiger partial charge in [0.2, 0.25) is 0 Å². The zero-order chi connectivity index (χ0) is 11.6. The number of carbonyl (C=O) groups is 1. The van der Waals surface area contributed by atoms with Crippen LogP contribution in [0.3, 0.4) is 0 Å². The molecule has 1 heterocycles. The normalized spacial score (nSPS) is 13.9. The first-order valence-electron chi connectivity index (χ1n) is 5.07. The van der Waals surface area contributed by atoms with Crippen LogP contribution in [0.1, 0.15) is 45.6 Å². The molecule has 0 aliphatic carbocycles. The number of aliphatic carboxylic acids is 1. The fraction of sp³-hybridized carbons (Fsp3) is 0.636. The molecule has 1 N–H and O–H groups in total. The van der Waals surface area contributed by atoms with Crippen molar-refractivity contribution < 1.29 is 9.90 Å². The van der Waals surface area contributed by atoms with Crippen LogP contribution < -0.4 is 0 Å². The maximum Gasteiger partial charge on any atom is 0.303 e. The predicted octanol–water partition coefficient (Wildman–Crippen LogP) is 2.22. The van der Waals surface area contributed by atoms with Crippen molar-refractivity contribution in [3.8, 4) is 0 Å². The van der Waals surface area contributed by atoms with Gasteiger partial charge in [-0.2, -0.15) is 5.10 Å². The van der Waals surface area contributed by atoms with E-state index in [1.54, 1.807) is 6.20 Å². The highest BCUT2D eigenvalue weighted by molar-refractivity contribution is 5.67. The van der Waals surface area contributed by atoms with Gasteiger partial charge in [0.05, 0.1) is 18.2 Å². The van der Waals surface area contributed by atoms with E-state index in [2.05, 4.69) is 25.9 Å². The van der Waals surface area contributed by atoms with E-state index < -0.39 is 5.97 Å². The Kier molecular flexibility index (Phi) is 3.17. The van der Waals surface area contributed by atoms with Gasteiger partial charge in [-0.25, -0.2) is 0 Å². The zero-order valence-corrected chi connectivity index (χ0v) is 9.69. The molecule has 1 aromatic rings. The van der Waals surface area contributed by atoms with Gasteiger partial charge in [0, 0.05) is 6.20 Å². The summed E-state index contributed by atoms with van der Waals surface area (Å²) < 4.78 is 1.86. The summed E-state index contributed by atoms with van der Waals surface area (Å²) in [5, 5.41) is 12.9. The van der Waals surface area contributed by atoms with E-state index in [0.29, 0.717) is 0 Å². The van der Waals surface area contributed by atoms with Crippen molar-refractivity contribution in [2.75, 3.05) is 0 Å².